The van der Waals surface area contributed by atoms with E-state index in [1.165, 1.54) is 23.5 Å². The number of carboxylic acid groups (broad SMARTS) is 1. The maximum absolute atomic E-state index is 12.9. The Morgan fingerprint density at radius 2 is 1.82 bits per heavy atom. The number of thiophene rings is 1. The fraction of sp³-hybridized carbons (Fsp3) is 0.120. The molecule has 5 rings (SSSR count). The van der Waals surface area contributed by atoms with Crippen LogP contribution in [0, 0.1) is 0 Å². The highest BCUT2D eigenvalue weighted by Crippen LogP contribution is 2.37. The minimum absolute atomic E-state index is 0.0150. The van der Waals surface area contributed by atoms with E-state index < -0.39 is 17.7 Å². The van der Waals surface area contributed by atoms with Crippen molar-refractivity contribution < 1.29 is 23.1 Å². The highest BCUT2D eigenvalue weighted by molar-refractivity contribution is 7.98. The molecule has 0 saturated carbocycles. The van der Waals surface area contributed by atoms with Gasteiger partial charge in [0, 0.05) is 20.9 Å². The summed E-state index contributed by atoms with van der Waals surface area (Å²) in [5.74, 6) is -0.128. The molecule has 2 heterocycles. The largest absolute Gasteiger partial charge is 0.481 e. The number of aliphatic carboxylic acids is 1. The molecule has 5 aromatic rings. The van der Waals surface area contributed by atoms with Crippen molar-refractivity contribution in [2.75, 3.05) is 0 Å². The van der Waals surface area contributed by atoms with Crippen LogP contribution in [-0.4, -0.2) is 16.1 Å². The molecule has 3 nitrogen and oxygen atoms in total. The van der Waals surface area contributed by atoms with E-state index in [-0.39, 0.29) is 6.42 Å². The van der Waals surface area contributed by atoms with Crippen molar-refractivity contribution in [1.82, 2.24) is 4.98 Å². The molecule has 0 bridgehead atoms. The Morgan fingerprint density at radius 1 is 1.03 bits per heavy atom. The number of fused-ring (bicyclic) bond motifs is 2. The number of hydrogen-bond donors (Lipinski definition) is 1. The van der Waals surface area contributed by atoms with Crippen LogP contribution in [-0.2, 0) is 23.1 Å². The number of halogens is 3. The van der Waals surface area contributed by atoms with Gasteiger partial charge in [-0.3, -0.25) is 4.79 Å². The van der Waals surface area contributed by atoms with Crippen molar-refractivity contribution >= 4 is 60.7 Å². The Balaban J connectivity index is 1.37. The predicted molar refractivity (Wildman–Crippen MR) is 133 cm³/mol. The zero-order valence-electron chi connectivity index (χ0n) is 17.4. The molecule has 0 spiro atoms. The molecule has 172 valence electrons. The topological polar surface area (TPSA) is 50.2 Å². The molecule has 1 N–H and O–H groups in total. The van der Waals surface area contributed by atoms with Gasteiger partial charge in [-0.25, -0.2) is 4.98 Å². The summed E-state index contributed by atoms with van der Waals surface area (Å²) >= 11 is 4.70. The second-order valence-corrected chi connectivity index (χ2v) is 10.6. The highest BCUT2D eigenvalue weighted by Gasteiger charge is 2.30. The van der Waals surface area contributed by atoms with Crippen LogP contribution < -0.4 is 0 Å². The van der Waals surface area contributed by atoms with Crippen molar-refractivity contribution in [3.05, 3.63) is 82.7 Å². The minimum atomic E-state index is -4.36. The van der Waals surface area contributed by atoms with Crippen molar-refractivity contribution in [2.45, 2.75) is 23.2 Å². The standard InChI is InChI=1S/C25H16F3NO2S3/c26-25(27,28)17-6-4-14(5-7-17)24-29-20-3-1-2-15(23(20)34-24)12-32-18-8-9-19-16(10-22(30)31)13-33-21(19)11-18/h1-9,11,13H,10,12H2,(H,30,31). The lowest BCUT2D eigenvalue weighted by atomic mass is 10.1. The van der Waals surface area contributed by atoms with Gasteiger partial charge < -0.3 is 5.11 Å². The fourth-order valence-corrected chi connectivity index (χ4v) is 6.83. The zero-order valence-corrected chi connectivity index (χ0v) is 19.9. The maximum atomic E-state index is 12.9. The molecule has 0 aliphatic carbocycles. The molecule has 2 aromatic heterocycles. The molecular weight excluding hydrogens is 499 g/mol. The Morgan fingerprint density at radius 3 is 2.56 bits per heavy atom. The molecule has 0 fully saturated rings. The lowest BCUT2D eigenvalue weighted by molar-refractivity contribution is -0.138. The van der Waals surface area contributed by atoms with Crippen molar-refractivity contribution in [3.8, 4) is 10.6 Å². The monoisotopic (exact) mass is 515 g/mol. The summed E-state index contributed by atoms with van der Waals surface area (Å²) in [6.07, 6.45) is -4.35. The lowest BCUT2D eigenvalue weighted by Gasteiger charge is -2.06. The van der Waals surface area contributed by atoms with Crippen molar-refractivity contribution in [1.29, 1.82) is 0 Å². The van der Waals surface area contributed by atoms with Crippen LogP contribution in [0.25, 0.3) is 30.9 Å². The summed E-state index contributed by atoms with van der Waals surface area (Å²) in [6.45, 7) is 0. The normalized spacial score (nSPS) is 12.0. The molecule has 9 heteroatoms. The molecule has 0 unspecified atom stereocenters. The maximum Gasteiger partial charge on any atom is 0.416 e. The number of benzene rings is 3. The van der Waals surface area contributed by atoms with Gasteiger partial charge in [0.1, 0.15) is 5.01 Å². The van der Waals surface area contributed by atoms with E-state index in [4.69, 9.17) is 5.11 Å². The number of rotatable bonds is 6. The number of aromatic nitrogens is 1. The molecular formula is C25H16F3NO2S3. The minimum Gasteiger partial charge on any atom is -0.481 e. The summed E-state index contributed by atoms with van der Waals surface area (Å²) < 4.78 is 40.7. The summed E-state index contributed by atoms with van der Waals surface area (Å²) in [5, 5.41) is 12.6. The third-order valence-corrected chi connectivity index (χ3v) is 8.55. The summed E-state index contributed by atoms with van der Waals surface area (Å²) in [6, 6.07) is 17.0. The van der Waals surface area contributed by atoms with Gasteiger partial charge in [-0.1, -0.05) is 30.3 Å². The van der Waals surface area contributed by atoms with Crippen LogP contribution in [0.3, 0.4) is 0 Å². The fourth-order valence-electron chi connectivity index (χ4n) is 3.66. The van der Waals surface area contributed by atoms with Gasteiger partial charge in [0.15, 0.2) is 0 Å². The van der Waals surface area contributed by atoms with E-state index in [0.29, 0.717) is 16.3 Å². The van der Waals surface area contributed by atoms with Crippen LogP contribution in [0.1, 0.15) is 16.7 Å². The summed E-state index contributed by atoms with van der Waals surface area (Å²) in [4.78, 5) is 16.8. The van der Waals surface area contributed by atoms with E-state index in [1.54, 1.807) is 23.1 Å². The van der Waals surface area contributed by atoms with Crippen LogP contribution in [0.15, 0.2) is 70.9 Å². The van der Waals surface area contributed by atoms with Crippen LogP contribution >= 0.6 is 34.4 Å². The molecule has 3 aromatic carbocycles. The Bertz CT molecular complexity index is 1500. The van der Waals surface area contributed by atoms with E-state index in [9.17, 15) is 18.0 Å². The number of carboxylic acids is 1. The molecule has 0 radical (unpaired) electrons. The van der Waals surface area contributed by atoms with Crippen molar-refractivity contribution in [2.24, 2.45) is 0 Å². The first kappa shape index (κ1) is 22.9. The molecule has 0 amide bonds. The molecule has 0 aliphatic rings. The predicted octanol–water partition coefficient (Wildman–Crippen LogP) is 8.12. The van der Waals surface area contributed by atoms with Gasteiger partial charge in [-0.05, 0) is 52.2 Å². The van der Waals surface area contributed by atoms with Crippen LogP contribution in [0.2, 0.25) is 0 Å². The SMILES string of the molecule is O=C(O)Cc1csc2cc(SCc3cccc4nc(-c5ccc(C(F)(F)F)cc5)sc34)ccc12. The first-order valence-electron chi connectivity index (χ1n) is 10.2. The Kier molecular flexibility index (Phi) is 6.09. The van der Waals surface area contributed by atoms with E-state index in [0.717, 1.165) is 48.5 Å². The number of alkyl halides is 3. The van der Waals surface area contributed by atoms with Crippen LogP contribution in [0.5, 0.6) is 0 Å². The molecule has 0 aliphatic heterocycles. The van der Waals surface area contributed by atoms with Gasteiger partial charge in [0.05, 0.1) is 22.2 Å². The van der Waals surface area contributed by atoms with Crippen molar-refractivity contribution in [3.63, 3.8) is 0 Å². The van der Waals surface area contributed by atoms with E-state index >= 15 is 0 Å². The molecule has 34 heavy (non-hydrogen) atoms. The number of nitrogens with zero attached hydrogens (tertiary/aromatic N) is 1. The first-order chi connectivity index (χ1) is 16.3. The second kappa shape index (κ2) is 9.05. The van der Waals surface area contributed by atoms with Gasteiger partial charge in [0.2, 0.25) is 0 Å². The van der Waals surface area contributed by atoms with Crippen LogP contribution in [0.4, 0.5) is 13.2 Å². The smallest absolute Gasteiger partial charge is 0.416 e. The number of thiazole rings is 1. The number of thioether (sulfide) groups is 1. The average molecular weight is 516 g/mol. The lowest BCUT2D eigenvalue weighted by Crippen LogP contribution is -2.03. The number of carbonyl (C=O) groups is 1. The highest BCUT2D eigenvalue weighted by atomic mass is 32.2. The number of hydrogen-bond acceptors (Lipinski definition) is 5. The Hall–Kier alpha value is -2.88. The molecule has 0 atom stereocenters. The van der Waals surface area contributed by atoms with Gasteiger partial charge in [-0.15, -0.1) is 34.4 Å². The first-order valence-corrected chi connectivity index (χ1v) is 12.9. The molecule has 0 saturated heterocycles. The van der Waals surface area contributed by atoms with E-state index in [1.807, 2.05) is 35.7 Å². The van der Waals surface area contributed by atoms with E-state index in [2.05, 4.69) is 11.1 Å². The quantitative estimate of drug-likeness (QED) is 0.232. The third-order valence-electron chi connectivity index (χ3n) is 5.32. The summed E-state index contributed by atoms with van der Waals surface area (Å²) in [7, 11) is 0. The average Bonchev–Trinajstić information content (AvgIpc) is 3.41. The second-order valence-electron chi connectivity index (χ2n) is 7.64. The van der Waals surface area contributed by atoms with Gasteiger partial charge in [0.25, 0.3) is 0 Å². The third kappa shape index (κ3) is 4.68. The van der Waals surface area contributed by atoms with Gasteiger partial charge >= 0.3 is 12.1 Å². The van der Waals surface area contributed by atoms with Gasteiger partial charge in [-0.2, -0.15) is 13.2 Å². The zero-order chi connectivity index (χ0) is 23.9. The summed E-state index contributed by atoms with van der Waals surface area (Å²) in [5.41, 5.74) is 2.75. The Labute approximate surface area is 204 Å².